The van der Waals surface area contributed by atoms with Crippen LogP contribution in [0.15, 0.2) is 53.5 Å². The highest BCUT2D eigenvalue weighted by Crippen LogP contribution is 2.41. The molecule has 0 fully saturated rings. The van der Waals surface area contributed by atoms with Crippen molar-refractivity contribution in [2.45, 2.75) is 6.04 Å². The monoisotopic (exact) mass is 318 g/mol. The van der Waals surface area contributed by atoms with Crippen molar-refractivity contribution in [2.75, 3.05) is 5.32 Å². The Kier molecular flexibility index (Phi) is 3.66. The van der Waals surface area contributed by atoms with Crippen molar-refractivity contribution < 1.29 is 4.39 Å². The van der Waals surface area contributed by atoms with Gasteiger partial charge in [-0.25, -0.2) is 0 Å². The predicted molar refractivity (Wildman–Crippen MR) is 89.4 cm³/mol. The lowest BCUT2D eigenvalue weighted by atomic mass is 9.96. The van der Waals surface area contributed by atoms with Crippen LogP contribution in [0.4, 0.5) is 10.1 Å². The number of thiophene rings is 1. The Morgan fingerprint density at radius 1 is 1.05 bits per heavy atom. The zero-order valence-corrected chi connectivity index (χ0v) is 12.5. The molecule has 0 bridgehead atoms. The molecule has 1 aliphatic heterocycles. The van der Waals surface area contributed by atoms with E-state index in [4.69, 9.17) is 0 Å². The summed E-state index contributed by atoms with van der Waals surface area (Å²) in [5.41, 5.74) is 2.68. The molecule has 0 radical (unpaired) electrons. The second-order valence-electron chi connectivity index (χ2n) is 4.70. The van der Waals surface area contributed by atoms with Crippen LogP contribution in [0.3, 0.4) is 0 Å². The van der Waals surface area contributed by atoms with Crippen LogP contribution in [0.2, 0.25) is 0 Å². The van der Waals surface area contributed by atoms with Gasteiger partial charge in [0, 0.05) is 26.9 Å². The molecule has 106 valence electrons. The molecule has 2 nitrogen and oxygen atoms in total. The van der Waals surface area contributed by atoms with Crippen molar-refractivity contribution in [2.24, 2.45) is 4.99 Å². The number of nitrogens with one attached hydrogen (secondary N) is 1. The molecule has 5 heteroatoms. The van der Waals surface area contributed by atoms with Crippen LogP contribution in [0.25, 0.3) is 10.1 Å². The van der Waals surface area contributed by atoms with Crippen molar-refractivity contribution in [1.82, 2.24) is 0 Å². The molecule has 0 saturated heterocycles. The van der Waals surface area contributed by atoms with E-state index >= 15 is 0 Å². The maximum Gasteiger partial charge on any atom is 0.183 e. The van der Waals surface area contributed by atoms with E-state index in [9.17, 15) is 4.39 Å². The largest absolute Gasteiger partial charge is 0.346 e. The molecule has 0 spiro atoms. The van der Waals surface area contributed by atoms with Crippen LogP contribution in [-0.2, 0) is 0 Å². The second kappa shape index (κ2) is 5.47. The van der Waals surface area contributed by atoms with Gasteiger partial charge < -0.3 is 5.32 Å². The molecular formula is C16H12ClFN2S. The SMILES string of the molecule is Cl.Fc1sc2ccccc2c1C1N=CNc2ccccc21. The van der Waals surface area contributed by atoms with Gasteiger partial charge in [0.05, 0.1) is 6.34 Å². The summed E-state index contributed by atoms with van der Waals surface area (Å²) in [6.45, 7) is 0. The van der Waals surface area contributed by atoms with Gasteiger partial charge in [-0.2, -0.15) is 4.39 Å². The fraction of sp³-hybridized carbons (Fsp3) is 0.0625. The number of anilines is 1. The molecule has 2 aromatic carbocycles. The van der Waals surface area contributed by atoms with E-state index in [1.807, 2.05) is 48.5 Å². The van der Waals surface area contributed by atoms with Gasteiger partial charge in [-0.3, -0.25) is 4.99 Å². The van der Waals surface area contributed by atoms with Crippen LogP contribution in [0.5, 0.6) is 0 Å². The topological polar surface area (TPSA) is 24.4 Å². The summed E-state index contributed by atoms with van der Waals surface area (Å²) in [6.07, 6.45) is 1.65. The van der Waals surface area contributed by atoms with Crippen molar-refractivity contribution in [3.63, 3.8) is 0 Å². The number of aliphatic imine (C=N–C) groups is 1. The molecule has 2 heterocycles. The molecule has 1 atom stereocenters. The summed E-state index contributed by atoms with van der Waals surface area (Å²) < 4.78 is 15.4. The van der Waals surface area contributed by atoms with Crippen LogP contribution in [0, 0.1) is 5.13 Å². The van der Waals surface area contributed by atoms with Crippen molar-refractivity contribution in [3.8, 4) is 0 Å². The zero-order valence-electron chi connectivity index (χ0n) is 10.9. The summed E-state index contributed by atoms with van der Waals surface area (Å²) in [6, 6.07) is 15.4. The Morgan fingerprint density at radius 3 is 2.71 bits per heavy atom. The van der Waals surface area contributed by atoms with Crippen molar-refractivity contribution >= 4 is 45.9 Å². The van der Waals surface area contributed by atoms with Crippen LogP contribution >= 0.6 is 23.7 Å². The number of hydrogen-bond acceptors (Lipinski definition) is 3. The minimum absolute atomic E-state index is 0. The average Bonchev–Trinajstić information content (AvgIpc) is 2.82. The molecule has 0 amide bonds. The summed E-state index contributed by atoms with van der Waals surface area (Å²) in [5.74, 6) is 0. The lowest BCUT2D eigenvalue weighted by Crippen LogP contribution is -2.11. The highest BCUT2D eigenvalue weighted by Gasteiger charge is 2.25. The van der Waals surface area contributed by atoms with Gasteiger partial charge in [-0.1, -0.05) is 36.4 Å². The first-order chi connectivity index (χ1) is 9.84. The number of benzene rings is 2. The minimum atomic E-state index is -0.274. The quantitative estimate of drug-likeness (QED) is 0.670. The number of halogens is 2. The van der Waals surface area contributed by atoms with Gasteiger partial charge in [0.2, 0.25) is 0 Å². The van der Waals surface area contributed by atoms with Gasteiger partial charge in [0.1, 0.15) is 6.04 Å². The molecule has 3 aromatic rings. The van der Waals surface area contributed by atoms with Gasteiger partial charge in [-0.15, -0.1) is 23.7 Å². The minimum Gasteiger partial charge on any atom is -0.346 e. The molecule has 1 N–H and O–H groups in total. The fourth-order valence-corrected chi connectivity index (χ4v) is 3.61. The van der Waals surface area contributed by atoms with Crippen molar-refractivity contribution in [3.05, 3.63) is 64.8 Å². The van der Waals surface area contributed by atoms with Crippen LogP contribution in [0.1, 0.15) is 17.2 Å². The van der Waals surface area contributed by atoms with E-state index in [2.05, 4.69) is 10.3 Å². The van der Waals surface area contributed by atoms with E-state index in [0.29, 0.717) is 5.56 Å². The molecular weight excluding hydrogens is 307 g/mol. The molecule has 1 aromatic heterocycles. The summed E-state index contributed by atoms with van der Waals surface area (Å²) >= 11 is 1.19. The van der Waals surface area contributed by atoms with Gasteiger partial charge in [-0.05, 0) is 12.1 Å². The molecule has 21 heavy (non-hydrogen) atoms. The maximum atomic E-state index is 14.4. The Hall–Kier alpha value is -1.91. The second-order valence-corrected chi connectivity index (χ2v) is 5.70. The third kappa shape index (κ3) is 2.20. The van der Waals surface area contributed by atoms with Gasteiger partial charge >= 0.3 is 0 Å². The summed E-state index contributed by atoms with van der Waals surface area (Å²) in [7, 11) is 0. The number of hydrogen-bond donors (Lipinski definition) is 1. The zero-order chi connectivity index (χ0) is 13.5. The van der Waals surface area contributed by atoms with E-state index in [-0.39, 0.29) is 23.6 Å². The molecule has 1 aliphatic rings. The lowest BCUT2D eigenvalue weighted by molar-refractivity contribution is 0.632. The first-order valence-corrected chi connectivity index (χ1v) is 7.20. The highest BCUT2D eigenvalue weighted by atomic mass is 35.5. The smallest absolute Gasteiger partial charge is 0.183 e. The molecule has 0 saturated carbocycles. The van der Waals surface area contributed by atoms with Gasteiger partial charge in [0.25, 0.3) is 0 Å². The standard InChI is InChI=1S/C16H11FN2S.ClH/c17-16-14(11-6-2-4-8-13(11)20-16)15-10-5-1-3-7-12(10)18-9-19-15;/h1-9,15H,(H,18,19);1H. The van der Waals surface area contributed by atoms with E-state index in [1.165, 1.54) is 11.3 Å². The predicted octanol–water partition coefficient (Wildman–Crippen LogP) is 5.01. The molecule has 4 rings (SSSR count). The number of nitrogens with zero attached hydrogens (tertiary/aromatic N) is 1. The number of para-hydroxylation sites is 1. The van der Waals surface area contributed by atoms with Crippen LogP contribution < -0.4 is 5.32 Å². The Bertz CT molecular complexity index is 828. The van der Waals surface area contributed by atoms with Crippen LogP contribution in [-0.4, -0.2) is 6.34 Å². The van der Waals surface area contributed by atoms with Gasteiger partial charge in [0.15, 0.2) is 5.13 Å². The summed E-state index contributed by atoms with van der Waals surface area (Å²) in [5, 5.41) is 3.92. The number of fused-ring (bicyclic) bond motifs is 2. The first kappa shape index (κ1) is 14.0. The lowest BCUT2D eigenvalue weighted by Gasteiger charge is -2.20. The fourth-order valence-electron chi connectivity index (χ4n) is 2.65. The highest BCUT2D eigenvalue weighted by molar-refractivity contribution is 7.17. The van der Waals surface area contributed by atoms with E-state index in [1.54, 1.807) is 6.34 Å². The van der Waals surface area contributed by atoms with E-state index in [0.717, 1.165) is 21.3 Å². The maximum absolute atomic E-state index is 14.4. The third-order valence-corrected chi connectivity index (χ3v) is 4.54. The summed E-state index contributed by atoms with van der Waals surface area (Å²) in [4.78, 5) is 4.45. The Balaban J connectivity index is 0.00000132. The molecule has 1 unspecified atom stereocenters. The Morgan fingerprint density at radius 2 is 1.81 bits per heavy atom. The number of rotatable bonds is 1. The Labute approximate surface area is 131 Å². The normalized spacial score (nSPS) is 16.1. The van der Waals surface area contributed by atoms with Crippen molar-refractivity contribution in [1.29, 1.82) is 0 Å². The average molecular weight is 319 g/mol. The first-order valence-electron chi connectivity index (χ1n) is 6.38. The third-order valence-electron chi connectivity index (χ3n) is 3.56. The van der Waals surface area contributed by atoms with E-state index < -0.39 is 0 Å². The molecule has 0 aliphatic carbocycles.